The standard InChI is InChI=1S/C18H18ClF3N4O/c19-15-2-1-14(18(20,21)22)11-16(15)24-17(27)26-9-7-25(8-10-26)12-13-3-5-23-6-4-13/h1-6,11H,7-10,12H2,(H,24,27). The van der Waals surface area contributed by atoms with E-state index in [-0.39, 0.29) is 10.7 Å². The van der Waals surface area contributed by atoms with E-state index in [1.807, 2.05) is 12.1 Å². The van der Waals surface area contributed by atoms with Crippen molar-refractivity contribution in [3.05, 3.63) is 58.9 Å². The first-order chi connectivity index (χ1) is 12.8. The van der Waals surface area contributed by atoms with Crippen LogP contribution >= 0.6 is 11.6 Å². The van der Waals surface area contributed by atoms with Crippen LogP contribution in [0.3, 0.4) is 0 Å². The van der Waals surface area contributed by atoms with Crippen LogP contribution in [-0.2, 0) is 12.7 Å². The minimum atomic E-state index is -4.50. The van der Waals surface area contributed by atoms with Crippen LogP contribution < -0.4 is 5.32 Å². The molecule has 1 aliphatic rings. The topological polar surface area (TPSA) is 48.5 Å². The number of nitrogens with zero attached hydrogens (tertiary/aromatic N) is 3. The van der Waals surface area contributed by atoms with Crippen molar-refractivity contribution in [3.63, 3.8) is 0 Å². The summed E-state index contributed by atoms with van der Waals surface area (Å²) in [5, 5.41) is 2.55. The largest absolute Gasteiger partial charge is 0.416 e. The second kappa shape index (κ2) is 8.14. The predicted octanol–water partition coefficient (Wildman–Crippen LogP) is 4.10. The summed E-state index contributed by atoms with van der Waals surface area (Å²) in [6.07, 6.45) is -1.03. The lowest BCUT2D eigenvalue weighted by atomic mass is 10.2. The van der Waals surface area contributed by atoms with Gasteiger partial charge in [0.05, 0.1) is 16.3 Å². The zero-order valence-corrected chi connectivity index (χ0v) is 15.1. The molecule has 0 saturated carbocycles. The molecule has 0 bridgehead atoms. The van der Waals surface area contributed by atoms with Gasteiger partial charge < -0.3 is 10.2 Å². The number of pyridine rings is 1. The molecule has 1 aromatic carbocycles. The second-order valence-electron chi connectivity index (χ2n) is 6.24. The van der Waals surface area contributed by atoms with Gasteiger partial charge in [0.15, 0.2) is 0 Å². The van der Waals surface area contributed by atoms with Gasteiger partial charge >= 0.3 is 12.2 Å². The van der Waals surface area contributed by atoms with Crippen molar-refractivity contribution in [1.82, 2.24) is 14.8 Å². The molecule has 0 spiro atoms. The van der Waals surface area contributed by atoms with E-state index < -0.39 is 17.8 Å². The van der Waals surface area contributed by atoms with Crippen LogP contribution in [0.1, 0.15) is 11.1 Å². The van der Waals surface area contributed by atoms with Crippen molar-refractivity contribution in [2.75, 3.05) is 31.5 Å². The Morgan fingerprint density at radius 2 is 1.78 bits per heavy atom. The lowest BCUT2D eigenvalue weighted by Gasteiger charge is -2.34. The van der Waals surface area contributed by atoms with Gasteiger partial charge in [-0.2, -0.15) is 13.2 Å². The molecule has 1 aromatic heterocycles. The summed E-state index contributed by atoms with van der Waals surface area (Å²) in [5.74, 6) is 0. The van der Waals surface area contributed by atoms with Gasteiger partial charge in [-0.25, -0.2) is 4.79 Å². The van der Waals surface area contributed by atoms with Crippen molar-refractivity contribution in [1.29, 1.82) is 0 Å². The van der Waals surface area contributed by atoms with Gasteiger partial charge in [0.2, 0.25) is 0 Å². The van der Waals surface area contributed by atoms with E-state index in [0.717, 1.165) is 30.3 Å². The van der Waals surface area contributed by atoms with Crippen LogP contribution in [0, 0.1) is 0 Å². The van der Waals surface area contributed by atoms with Gasteiger partial charge in [0.25, 0.3) is 0 Å². The first-order valence-corrected chi connectivity index (χ1v) is 8.74. The van der Waals surface area contributed by atoms with Crippen molar-refractivity contribution in [2.45, 2.75) is 12.7 Å². The maximum atomic E-state index is 12.8. The van der Waals surface area contributed by atoms with E-state index in [1.165, 1.54) is 0 Å². The number of urea groups is 1. The number of anilines is 1. The molecule has 3 rings (SSSR count). The Hall–Kier alpha value is -2.32. The molecular weight excluding hydrogens is 381 g/mol. The third kappa shape index (κ3) is 5.11. The molecule has 1 saturated heterocycles. The first-order valence-electron chi connectivity index (χ1n) is 8.37. The van der Waals surface area contributed by atoms with Crippen LogP contribution in [0.25, 0.3) is 0 Å². The van der Waals surface area contributed by atoms with Gasteiger partial charge in [-0.1, -0.05) is 11.6 Å². The van der Waals surface area contributed by atoms with Crippen LogP contribution in [-0.4, -0.2) is 47.0 Å². The number of amides is 2. The number of carbonyl (C=O) groups excluding carboxylic acids is 1. The van der Waals surface area contributed by atoms with Crippen molar-refractivity contribution < 1.29 is 18.0 Å². The Kier molecular flexibility index (Phi) is 5.86. The summed E-state index contributed by atoms with van der Waals surface area (Å²) in [7, 11) is 0. The highest BCUT2D eigenvalue weighted by molar-refractivity contribution is 6.33. The number of nitrogens with one attached hydrogen (secondary N) is 1. The molecule has 0 unspecified atom stereocenters. The summed E-state index contributed by atoms with van der Waals surface area (Å²) in [5.41, 5.74) is 0.235. The highest BCUT2D eigenvalue weighted by atomic mass is 35.5. The summed E-state index contributed by atoms with van der Waals surface area (Å²) < 4.78 is 38.5. The zero-order chi connectivity index (χ0) is 19.4. The lowest BCUT2D eigenvalue weighted by molar-refractivity contribution is -0.137. The average molecular weight is 399 g/mol. The number of halogens is 4. The highest BCUT2D eigenvalue weighted by Crippen LogP contribution is 2.33. The SMILES string of the molecule is O=C(Nc1cc(C(F)(F)F)ccc1Cl)N1CCN(Cc2ccncc2)CC1. The fraction of sp³-hybridized carbons (Fsp3) is 0.333. The minimum absolute atomic E-state index is 0.0456. The van der Waals surface area contributed by atoms with Gasteiger partial charge in [-0.15, -0.1) is 0 Å². The number of alkyl halides is 3. The highest BCUT2D eigenvalue weighted by Gasteiger charge is 2.31. The van der Waals surface area contributed by atoms with Crippen LogP contribution in [0.4, 0.5) is 23.7 Å². The van der Waals surface area contributed by atoms with Crippen LogP contribution in [0.2, 0.25) is 5.02 Å². The Morgan fingerprint density at radius 1 is 1.11 bits per heavy atom. The first kappa shape index (κ1) is 19.4. The molecule has 0 radical (unpaired) electrons. The van der Waals surface area contributed by atoms with Crippen LogP contribution in [0.5, 0.6) is 0 Å². The molecular formula is C18H18ClF3N4O. The number of rotatable bonds is 3. The zero-order valence-electron chi connectivity index (χ0n) is 14.3. The van der Waals surface area contributed by atoms with E-state index in [4.69, 9.17) is 11.6 Å². The number of benzene rings is 1. The van der Waals surface area contributed by atoms with Gasteiger partial charge in [-0.3, -0.25) is 9.88 Å². The van der Waals surface area contributed by atoms with E-state index >= 15 is 0 Å². The molecule has 0 aliphatic carbocycles. The molecule has 9 heteroatoms. The Morgan fingerprint density at radius 3 is 2.41 bits per heavy atom. The molecule has 1 fully saturated rings. The molecule has 1 aliphatic heterocycles. The van der Waals surface area contributed by atoms with Crippen molar-refractivity contribution in [3.8, 4) is 0 Å². The monoisotopic (exact) mass is 398 g/mol. The fourth-order valence-electron chi connectivity index (χ4n) is 2.85. The Balaban J connectivity index is 1.57. The minimum Gasteiger partial charge on any atom is -0.322 e. The average Bonchev–Trinajstić information content (AvgIpc) is 2.64. The smallest absolute Gasteiger partial charge is 0.322 e. The summed E-state index contributed by atoms with van der Waals surface area (Å²) in [6, 6.07) is 6.28. The molecule has 2 heterocycles. The fourth-order valence-corrected chi connectivity index (χ4v) is 3.01. The Bertz CT molecular complexity index is 793. The van der Waals surface area contributed by atoms with E-state index in [9.17, 15) is 18.0 Å². The maximum Gasteiger partial charge on any atom is 0.416 e. The normalized spacial score (nSPS) is 15.6. The third-order valence-electron chi connectivity index (χ3n) is 4.35. The number of carbonyl (C=O) groups is 1. The van der Waals surface area contributed by atoms with E-state index in [0.29, 0.717) is 26.2 Å². The molecule has 27 heavy (non-hydrogen) atoms. The molecule has 1 N–H and O–H groups in total. The number of hydrogen-bond acceptors (Lipinski definition) is 3. The van der Waals surface area contributed by atoms with E-state index in [2.05, 4.69) is 15.2 Å². The third-order valence-corrected chi connectivity index (χ3v) is 4.68. The van der Waals surface area contributed by atoms with Crippen molar-refractivity contribution >= 4 is 23.3 Å². The van der Waals surface area contributed by atoms with E-state index in [1.54, 1.807) is 17.3 Å². The van der Waals surface area contributed by atoms with Crippen molar-refractivity contribution in [2.24, 2.45) is 0 Å². The maximum absolute atomic E-state index is 12.8. The van der Waals surface area contributed by atoms with Gasteiger partial charge in [0.1, 0.15) is 0 Å². The predicted molar refractivity (Wildman–Crippen MR) is 96.6 cm³/mol. The number of aromatic nitrogens is 1. The molecule has 2 aromatic rings. The second-order valence-corrected chi connectivity index (χ2v) is 6.65. The van der Waals surface area contributed by atoms with Gasteiger partial charge in [-0.05, 0) is 35.9 Å². The summed E-state index contributed by atoms with van der Waals surface area (Å²) in [4.78, 5) is 20.1. The van der Waals surface area contributed by atoms with Gasteiger partial charge in [0, 0.05) is 45.1 Å². The summed E-state index contributed by atoms with van der Waals surface area (Å²) >= 11 is 5.93. The summed E-state index contributed by atoms with van der Waals surface area (Å²) in [6.45, 7) is 3.07. The molecule has 144 valence electrons. The quantitative estimate of drug-likeness (QED) is 0.846. The Labute approximate surface area is 159 Å². The van der Waals surface area contributed by atoms with Crippen LogP contribution in [0.15, 0.2) is 42.7 Å². The molecule has 0 atom stereocenters. The molecule has 5 nitrogen and oxygen atoms in total. The number of hydrogen-bond donors (Lipinski definition) is 1. The lowest BCUT2D eigenvalue weighted by Crippen LogP contribution is -2.49. The molecule has 2 amide bonds. The number of piperazine rings is 1.